The van der Waals surface area contributed by atoms with Crippen LogP contribution in [0.4, 0.5) is 4.79 Å². The van der Waals surface area contributed by atoms with Crippen molar-refractivity contribution in [3.8, 4) is 0 Å². The molecular formula is C45H62N12O7. The highest BCUT2D eigenvalue weighted by atomic mass is 16.2. The monoisotopic (exact) mass is 882 g/mol. The maximum absolute atomic E-state index is 14.7. The van der Waals surface area contributed by atoms with Gasteiger partial charge in [0.05, 0.1) is 6.04 Å². The van der Waals surface area contributed by atoms with Crippen LogP contribution in [0.1, 0.15) is 81.8 Å². The number of nitrogens with two attached hydrogens (primary N) is 2. The molecule has 3 fully saturated rings. The van der Waals surface area contributed by atoms with E-state index in [1.165, 1.54) is 0 Å². The minimum atomic E-state index is -1.52. The fourth-order valence-electron chi connectivity index (χ4n) is 9.65. The van der Waals surface area contributed by atoms with Crippen molar-refractivity contribution in [2.45, 2.75) is 125 Å². The molecule has 1 saturated carbocycles. The molecule has 0 spiro atoms. The highest BCUT2D eigenvalue weighted by Gasteiger charge is 2.55. The van der Waals surface area contributed by atoms with Gasteiger partial charge in [0.25, 0.3) is 5.91 Å². The minimum absolute atomic E-state index is 0.0330. The number of rotatable bonds is 16. The molecule has 3 heterocycles. The Morgan fingerprint density at radius 2 is 1.64 bits per heavy atom. The second-order valence-corrected chi connectivity index (χ2v) is 17.2. The van der Waals surface area contributed by atoms with E-state index in [2.05, 4.69) is 42.2 Å². The highest BCUT2D eigenvalue weighted by molar-refractivity contribution is 6.09. The Labute approximate surface area is 372 Å². The van der Waals surface area contributed by atoms with Gasteiger partial charge in [0.2, 0.25) is 23.6 Å². The normalized spacial score (nSPS) is 24.8. The standard InChI is InChI=1S/C45H62N12O7/c1-49-36-39(61)55-35(25-29-26-51-32-15-7-6-14-31(29)32)38(60)54-33(37(46)59)16-8-11-22-52-44(36,21-23-50-42(47)48)20-17-34-40(62)57(43(64)56-34)45(18-9-3-10-19-45)41(63)53-30(27-58)24-28-12-4-2-5-13-28/h2,4-7,12-15,26-27,30,33-36,49,51-52H,3,8-11,16-25H2,1H3,(H2,46,59)(H,53,63)(H,54,60)(H,55,61)(H,56,64)(H4,47,48,50)/t30-,33+,34+,35+,36-,44?/m1/s1. The number of H-pyrrole nitrogens is 1. The average Bonchev–Trinajstić information content (AvgIpc) is 3.83. The van der Waals surface area contributed by atoms with E-state index in [0.717, 1.165) is 33.4 Å². The lowest BCUT2D eigenvalue weighted by Crippen LogP contribution is -2.67. The van der Waals surface area contributed by atoms with Gasteiger partial charge >= 0.3 is 6.03 Å². The lowest BCUT2D eigenvalue weighted by molar-refractivity contribution is -0.145. The van der Waals surface area contributed by atoms with Crippen LogP contribution in [0.15, 0.2) is 60.8 Å². The third kappa shape index (κ3) is 10.9. The van der Waals surface area contributed by atoms with Crippen molar-refractivity contribution in [2.24, 2.45) is 11.5 Å². The van der Waals surface area contributed by atoms with Crippen molar-refractivity contribution in [3.05, 3.63) is 71.9 Å². The number of aromatic amines is 1. The number of likely N-dealkylation sites (N-methyl/N-ethyl adjacent to an activating group) is 1. The van der Waals surface area contributed by atoms with Gasteiger partial charge in [-0.25, -0.2) is 9.69 Å². The summed E-state index contributed by atoms with van der Waals surface area (Å²) in [6.45, 7) is 0.475. The topological polar surface area (TPSA) is 299 Å². The van der Waals surface area contributed by atoms with Crippen LogP contribution >= 0.6 is 0 Å². The number of carbonyl (C=O) groups is 7. The molecule has 3 aromatic rings. The van der Waals surface area contributed by atoms with Gasteiger partial charge in [-0.1, -0.05) is 67.8 Å². The van der Waals surface area contributed by atoms with Gasteiger partial charge < -0.3 is 58.5 Å². The molecule has 7 amide bonds. The third-order valence-corrected chi connectivity index (χ3v) is 13.0. The number of carbonyl (C=O) groups excluding carboxylic acids is 7. The van der Waals surface area contributed by atoms with E-state index in [1.807, 2.05) is 54.6 Å². The number of hydrogen-bond donors (Lipinski definition) is 11. The average molecular weight is 883 g/mol. The molecule has 19 nitrogen and oxygen atoms in total. The first kappa shape index (κ1) is 47.1. The number of benzene rings is 2. The van der Waals surface area contributed by atoms with Crippen LogP contribution in [0.3, 0.4) is 0 Å². The molecule has 6 rings (SSSR count). The van der Waals surface area contributed by atoms with E-state index in [-0.39, 0.29) is 63.9 Å². The summed E-state index contributed by atoms with van der Waals surface area (Å²) >= 11 is 0. The number of primary amides is 1. The van der Waals surface area contributed by atoms with Gasteiger partial charge in [0.15, 0.2) is 5.96 Å². The van der Waals surface area contributed by atoms with Gasteiger partial charge in [0.1, 0.15) is 36.0 Å². The van der Waals surface area contributed by atoms with Gasteiger partial charge in [0, 0.05) is 35.6 Å². The zero-order chi connectivity index (χ0) is 45.9. The van der Waals surface area contributed by atoms with Crippen LogP contribution in [-0.4, -0.2) is 119 Å². The fourth-order valence-corrected chi connectivity index (χ4v) is 9.65. The Morgan fingerprint density at radius 1 is 0.906 bits per heavy atom. The van der Waals surface area contributed by atoms with E-state index in [0.29, 0.717) is 38.5 Å². The predicted octanol–water partition coefficient (Wildman–Crippen LogP) is 0.469. The maximum atomic E-state index is 14.7. The van der Waals surface area contributed by atoms with Crippen molar-refractivity contribution in [1.29, 1.82) is 5.41 Å². The Morgan fingerprint density at radius 3 is 2.34 bits per heavy atom. The molecule has 13 N–H and O–H groups in total. The molecule has 2 aliphatic heterocycles. The predicted molar refractivity (Wildman–Crippen MR) is 239 cm³/mol. The number of aromatic nitrogens is 1. The van der Waals surface area contributed by atoms with E-state index in [4.69, 9.17) is 16.9 Å². The van der Waals surface area contributed by atoms with E-state index in [1.54, 1.807) is 13.2 Å². The van der Waals surface area contributed by atoms with Gasteiger partial charge in [-0.2, -0.15) is 0 Å². The van der Waals surface area contributed by atoms with Crippen LogP contribution in [-0.2, 0) is 41.6 Å². The zero-order valence-corrected chi connectivity index (χ0v) is 36.3. The third-order valence-electron chi connectivity index (χ3n) is 13.0. The van der Waals surface area contributed by atoms with Crippen molar-refractivity contribution in [2.75, 3.05) is 20.1 Å². The highest BCUT2D eigenvalue weighted by Crippen LogP contribution is 2.37. The van der Waals surface area contributed by atoms with Crippen molar-refractivity contribution < 1.29 is 33.6 Å². The molecule has 344 valence electrons. The first-order valence-corrected chi connectivity index (χ1v) is 22.2. The molecule has 0 bridgehead atoms. The summed E-state index contributed by atoms with van der Waals surface area (Å²) in [5, 5.41) is 29.7. The number of guanidine groups is 1. The lowest BCUT2D eigenvalue weighted by Gasteiger charge is -2.42. The molecule has 2 saturated heterocycles. The van der Waals surface area contributed by atoms with Crippen LogP contribution in [0.5, 0.6) is 0 Å². The number of para-hydroxylation sites is 1. The van der Waals surface area contributed by atoms with Gasteiger partial charge in [-0.05, 0) is 88.6 Å². The largest absolute Gasteiger partial charge is 0.370 e. The molecule has 1 aromatic heterocycles. The first-order valence-electron chi connectivity index (χ1n) is 22.2. The van der Waals surface area contributed by atoms with E-state index >= 15 is 0 Å². The summed E-state index contributed by atoms with van der Waals surface area (Å²) in [5.74, 6) is -3.30. The van der Waals surface area contributed by atoms with E-state index < -0.39 is 76.9 Å². The molecule has 0 radical (unpaired) electrons. The van der Waals surface area contributed by atoms with Crippen molar-refractivity contribution >= 4 is 58.7 Å². The number of urea groups is 1. The minimum Gasteiger partial charge on any atom is -0.370 e. The molecule has 64 heavy (non-hydrogen) atoms. The second-order valence-electron chi connectivity index (χ2n) is 17.2. The van der Waals surface area contributed by atoms with Crippen LogP contribution in [0.25, 0.3) is 10.9 Å². The number of nitrogens with one attached hydrogen (secondary N) is 9. The summed E-state index contributed by atoms with van der Waals surface area (Å²) in [5.41, 5.74) is 11.2. The van der Waals surface area contributed by atoms with Crippen LogP contribution in [0, 0.1) is 5.41 Å². The van der Waals surface area contributed by atoms with Crippen LogP contribution in [0.2, 0.25) is 0 Å². The Balaban J connectivity index is 1.28. The molecule has 2 aromatic carbocycles. The summed E-state index contributed by atoms with van der Waals surface area (Å²) in [4.78, 5) is 101. The Hall–Kier alpha value is -6.34. The number of fused-ring (bicyclic) bond motifs is 1. The summed E-state index contributed by atoms with van der Waals surface area (Å²) < 4.78 is 0. The number of aldehydes is 1. The Bertz CT molecular complexity index is 2180. The lowest BCUT2D eigenvalue weighted by atomic mass is 9.78. The first-order chi connectivity index (χ1) is 30.8. The van der Waals surface area contributed by atoms with Gasteiger partial charge in [-0.15, -0.1) is 0 Å². The summed E-state index contributed by atoms with van der Waals surface area (Å²) in [6.07, 6.45) is 6.78. The molecule has 19 heteroatoms. The molecule has 1 unspecified atom stereocenters. The van der Waals surface area contributed by atoms with E-state index in [9.17, 15) is 33.6 Å². The smallest absolute Gasteiger partial charge is 0.325 e. The Kier molecular flexibility index (Phi) is 15.7. The number of imide groups is 1. The summed E-state index contributed by atoms with van der Waals surface area (Å²) in [7, 11) is 1.61. The molecule has 1 aliphatic carbocycles. The maximum Gasteiger partial charge on any atom is 0.325 e. The number of amides is 7. The summed E-state index contributed by atoms with van der Waals surface area (Å²) in [6, 6.07) is 10.9. The van der Waals surface area contributed by atoms with Gasteiger partial charge in [-0.3, -0.25) is 29.4 Å². The van der Waals surface area contributed by atoms with Crippen molar-refractivity contribution in [1.82, 2.24) is 47.1 Å². The number of hydrogen-bond acceptors (Lipinski definition) is 10. The molecule has 3 aliphatic rings. The molecular weight excluding hydrogens is 821 g/mol. The fraction of sp³-hybridized carbons (Fsp3) is 0.511. The zero-order valence-electron chi connectivity index (χ0n) is 36.3. The molecule has 6 atom stereocenters. The quantitative estimate of drug-likeness (QED) is 0.0407. The number of nitrogens with zero attached hydrogens (tertiary/aromatic N) is 1. The van der Waals surface area contributed by atoms with Crippen LogP contribution < -0.4 is 48.7 Å². The second kappa shape index (κ2) is 21.4. The van der Waals surface area contributed by atoms with Crippen molar-refractivity contribution in [3.63, 3.8) is 0 Å². The SMILES string of the molecule is CN[C@@H]1C(=O)N[C@@H](Cc2c[nH]c3ccccc23)C(=O)N[C@H](C(N)=O)CCCCNC1(CCNC(=N)N)CC[C@@H]1NC(=O)N(C2(C(=O)N[C@@H](C=O)Cc3ccccc3)CCCCC2)C1=O.